The van der Waals surface area contributed by atoms with Crippen molar-refractivity contribution in [3.63, 3.8) is 0 Å². The lowest BCUT2D eigenvalue weighted by Gasteiger charge is -2.17. The van der Waals surface area contributed by atoms with E-state index in [9.17, 15) is 4.39 Å². The summed E-state index contributed by atoms with van der Waals surface area (Å²) in [4.78, 5) is 0. The molecule has 0 aliphatic carbocycles. The van der Waals surface area contributed by atoms with Crippen molar-refractivity contribution in [2.24, 2.45) is 0 Å². The van der Waals surface area contributed by atoms with Crippen molar-refractivity contribution in [1.29, 1.82) is 0 Å². The van der Waals surface area contributed by atoms with Crippen molar-refractivity contribution in [3.05, 3.63) is 29.6 Å². The zero-order chi connectivity index (χ0) is 11.4. The topological polar surface area (TPSA) is 29.5 Å². The van der Waals surface area contributed by atoms with Crippen LogP contribution in [0.3, 0.4) is 0 Å². The van der Waals surface area contributed by atoms with Gasteiger partial charge in [-0.15, -0.1) is 0 Å². The second kappa shape index (κ2) is 5.12. The Labute approximate surface area is 89.7 Å². The van der Waals surface area contributed by atoms with E-state index >= 15 is 0 Å². The number of ether oxygens (including phenoxy) is 1. The smallest absolute Gasteiger partial charge is 0.123 e. The van der Waals surface area contributed by atoms with Crippen LogP contribution in [-0.4, -0.2) is 17.8 Å². The number of halogens is 1. The van der Waals surface area contributed by atoms with Crippen LogP contribution in [0, 0.1) is 5.82 Å². The summed E-state index contributed by atoms with van der Waals surface area (Å²) < 4.78 is 18.6. The molecule has 2 nitrogen and oxygen atoms in total. The van der Waals surface area contributed by atoms with E-state index in [2.05, 4.69) is 0 Å². The molecule has 1 rings (SSSR count). The number of aliphatic hydroxyl groups excluding tert-OH is 1. The van der Waals surface area contributed by atoms with Gasteiger partial charge in [0.2, 0.25) is 0 Å². The summed E-state index contributed by atoms with van der Waals surface area (Å²) in [6, 6.07) is 4.39. The molecular weight excluding hydrogens is 195 g/mol. The van der Waals surface area contributed by atoms with Crippen LogP contribution in [0.15, 0.2) is 18.2 Å². The molecule has 0 aliphatic heterocycles. The van der Waals surface area contributed by atoms with Crippen LogP contribution in [0.5, 0.6) is 5.75 Å². The largest absolute Gasteiger partial charge is 0.491 e. The van der Waals surface area contributed by atoms with Crippen LogP contribution in [0.1, 0.15) is 32.3 Å². The maximum absolute atomic E-state index is 13.0. The Kier molecular flexibility index (Phi) is 4.09. The summed E-state index contributed by atoms with van der Waals surface area (Å²) in [5.41, 5.74) is 0.714. The van der Waals surface area contributed by atoms with Gasteiger partial charge in [-0.3, -0.25) is 0 Å². The monoisotopic (exact) mass is 212 g/mol. The van der Waals surface area contributed by atoms with Crippen molar-refractivity contribution in [3.8, 4) is 5.75 Å². The minimum absolute atomic E-state index is 0.0160. The van der Waals surface area contributed by atoms with Crippen LogP contribution in [0.4, 0.5) is 4.39 Å². The third-order valence-corrected chi connectivity index (χ3v) is 2.14. The molecule has 0 bridgehead atoms. The van der Waals surface area contributed by atoms with Crippen molar-refractivity contribution >= 4 is 0 Å². The van der Waals surface area contributed by atoms with E-state index in [4.69, 9.17) is 9.84 Å². The molecule has 1 unspecified atom stereocenters. The highest BCUT2D eigenvalue weighted by Gasteiger charge is 2.13. The van der Waals surface area contributed by atoms with Crippen molar-refractivity contribution in [1.82, 2.24) is 0 Å². The molecule has 84 valence electrons. The van der Waals surface area contributed by atoms with E-state index < -0.39 is 0 Å². The predicted octanol–water partition coefficient (Wildman–Crippen LogP) is 2.71. The Balaban J connectivity index is 3.02. The van der Waals surface area contributed by atoms with Crippen LogP contribution < -0.4 is 4.74 Å². The Morgan fingerprint density at radius 2 is 2.00 bits per heavy atom. The highest BCUT2D eigenvalue weighted by Crippen LogP contribution is 2.27. The summed E-state index contributed by atoms with van der Waals surface area (Å²) >= 11 is 0. The molecule has 0 heterocycles. The lowest BCUT2D eigenvalue weighted by Crippen LogP contribution is -2.10. The molecule has 1 aromatic carbocycles. The molecular formula is C12H17FO2. The first-order valence-electron chi connectivity index (χ1n) is 5.11. The average molecular weight is 212 g/mol. The number of benzene rings is 1. The number of aliphatic hydroxyl groups is 1. The van der Waals surface area contributed by atoms with Gasteiger partial charge in [-0.05, 0) is 32.0 Å². The SMILES string of the molecule is CC(C)Oc1ccc(F)cc1C(C)CO. The van der Waals surface area contributed by atoms with Gasteiger partial charge < -0.3 is 9.84 Å². The molecule has 0 fully saturated rings. The van der Waals surface area contributed by atoms with Gasteiger partial charge >= 0.3 is 0 Å². The number of hydrogen-bond donors (Lipinski definition) is 1. The second-order valence-electron chi connectivity index (χ2n) is 3.93. The first-order valence-corrected chi connectivity index (χ1v) is 5.11. The zero-order valence-electron chi connectivity index (χ0n) is 9.33. The summed E-state index contributed by atoms with van der Waals surface area (Å²) in [5, 5.41) is 9.06. The lowest BCUT2D eigenvalue weighted by atomic mass is 10.0. The van der Waals surface area contributed by atoms with E-state index in [1.807, 2.05) is 20.8 Å². The zero-order valence-corrected chi connectivity index (χ0v) is 9.33. The quantitative estimate of drug-likeness (QED) is 0.831. The minimum Gasteiger partial charge on any atom is -0.491 e. The lowest BCUT2D eigenvalue weighted by molar-refractivity contribution is 0.230. The Morgan fingerprint density at radius 1 is 1.33 bits per heavy atom. The summed E-state index contributed by atoms with van der Waals surface area (Å²) in [5.74, 6) is 0.226. The fourth-order valence-corrected chi connectivity index (χ4v) is 1.36. The highest BCUT2D eigenvalue weighted by atomic mass is 19.1. The average Bonchev–Trinajstić information content (AvgIpc) is 2.19. The standard InChI is InChI=1S/C12H17FO2/c1-8(2)15-12-5-4-10(13)6-11(12)9(3)7-14/h4-6,8-9,14H,7H2,1-3H3. The highest BCUT2D eigenvalue weighted by molar-refractivity contribution is 5.36. The molecule has 1 atom stereocenters. The molecule has 0 amide bonds. The van der Waals surface area contributed by atoms with Crippen LogP contribution in [0.25, 0.3) is 0 Å². The predicted molar refractivity (Wildman–Crippen MR) is 57.7 cm³/mol. The van der Waals surface area contributed by atoms with E-state index in [0.717, 1.165) is 0 Å². The first kappa shape index (κ1) is 12.0. The molecule has 0 aromatic heterocycles. The van der Waals surface area contributed by atoms with Crippen molar-refractivity contribution in [2.75, 3.05) is 6.61 Å². The van der Waals surface area contributed by atoms with Crippen LogP contribution in [-0.2, 0) is 0 Å². The van der Waals surface area contributed by atoms with E-state index in [1.165, 1.54) is 12.1 Å². The van der Waals surface area contributed by atoms with Gasteiger partial charge in [-0.2, -0.15) is 0 Å². The van der Waals surface area contributed by atoms with E-state index in [0.29, 0.717) is 11.3 Å². The Hall–Kier alpha value is -1.09. The van der Waals surface area contributed by atoms with Gasteiger partial charge in [0.05, 0.1) is 6.10 Å². The molecule has 0 saturated heterocycles. The molecule has 1 aromatic rings. The first-order chi connectivity index (χ1) is 7.04. The summed E-state index contributed by atoms with van der Waals surface area (Å²) in [6.45, 7) is 5.65. The number of hydrogen-bond acceptors (Lipinski definition) is 2. The summed E-state index contributed by atoms with van der Waals surface area (Å²) in [6.07, 6.45) is 0.0418. The molecule has 3 heteroatoms. The third kappa shape index (κ3) is 3.20. The minimum atomic E-state index is -0.304. The third-order valence-electron chi connectivity index (χ3n) is 2.14. The summed E-state index contributed by atoms with van der Waals surface area (Å²) in [7, 11) is 0. The van der Waals surface area contributed by atoms with Crippen molar-refractivity contribution < 1.29 is 14.2 Å². The van der Waals surface area contributed by atoms with Gasteiger partial charge in [0.15, 0.2) is 0 Å². The molecule has 15 heavy (non-hydrogen) atoms. The van der Waals surface area contributed by atoms with Crippen LogP contribution >= 0.6 is 0 Å². The van der Waals surface area contributed by atoms with E-state index in [-0.39, 0.29) is 24.4 Å². The van der Waals surface area contributed by atoms with Gasteiger partial charge in [0, 0.05) is 18.1 Å². The maximum atomic E-state index is 13.0. The van der Waals surface area contributed by atoms with Gasteiger partial charge in [0.1, 0.15) is 11.6 Å². The molecule has 0 spiro atoms. The van der Waals surface area contributed by atoms with Gasteiger partial charge in [-0.1, -0.05) is 6.92 Å². The van der Waals surface area contributed by atoms with Gasteiger partial charge in [-0.25, -0.2) is 4.39 Å². The fourth-order valence-electron chi connectivity index (χ4n) is 1.36. The van der Waals surface area contributed by atoms with Crippen molar-refractivity contribution in [2.45, 2.75) is 32.8 Å². The normalized spacial score (nSPS) is 12.9. The molecule has 0 aliphatic rings. The number of rotatable bonds is 4. The van der Waals surface area contributed by atoms with Crippen LogP contribution in [0.2, 0.25) is 0 Å². The Bertz CT molecular complexity index is 323. The molecule has 0 radical (unpaired) electrons. The molecule has 0 saturated carbocycles. The Morgan fingerprint density at radius 3 is 2.53 bits per heavy atom. The molecule has 1 N–H and O–H groups in total. The van der Waals surface area contributed by atoms with Gasteiger partial charge in [0.25, 0.3) is 0 Å². The van der Waals surface area contributed by atoms with E-state index in [1.54, 1.807) is 6.07 Å². The fraction of sp³-hybridized carbons (Fsp3) is 0.500. The second-order valence-corrected chi connectivity index (χ2v) is 3.93. The maximum Gasteiger partial charge on any atom is 0.123 e.